The van der Waals surface area contributed by atoms with E-state index in [0.717, 1.165) is 39.8 Å². The van der Waals surface area contributed by atoms with Crippen molar-refractivity contribution in [1.29, 1.82) is 0 Å². The maximum absolute atomic E-state index is 12.5. The summed E-state index contributed by atoms with van der Waals surface area (Å²) in [4.78, 5) is 21.5. The van der Waals surface area contributed by atoms with Gasteiger partial charge < -0.3 is 19.6 Å². The van der Waals surface area contributed by atoms with E-state index in [0.29, 0.717) is 35.3 Å². The number of amides is 2. The third kappa shape index (κ3) is 6.25. The topological polar surface area (TPSA) is 118 Å². The highest BCUT2D eigenvalue weighted by Gasteiger charge is 2.22. The van der Waals surface area contributed by atoms with Crippen LogP contribution in [0, 0.1) is 0 Å². The first-order valence-electron chi connectivity index (χ1n) is 14.1. The SMILES string of the molecule is CC(C)(C)c1cc(NC(=O)Nc2ccc(CCNc3ncnc4oc(-c5ccccc5)c(-c5ccccc5)c34)cc2)no1. The maximum atomic E-state index is 12.5. The van der Waals surface area contributed by atoms with Crippen LogP contribution in [0.3, 0.4) is 0 Å². The molecule has 0 aliphatic carbocycles. The first-order valence-corrected chi connectivity index (χ1v) is 14.1. The van der Waals surface area contributed by atoms with Crippen molar-refractivity contribution < 1.29 is 13.7 Å². The van der Waals surface area contributed by atoms with Crippen molar-refractivity contribution in [3.05, 3.63) is 109 Å². The molecule has 0 aliphatic heterocycles. The minimum Gasteiger partial charge on any atom is -0.437 e. The van der Waals surface area contributed by atoms with Gasteiger partial charge in [-0.1, -0.05) is 98.7 Å². The summed E-state index contributed by atoms with van der Waals surface area (Å²) >= 11 is 0. The molecule has 0 atom stereocenters. The van der Waals surface area contributed by atoms with Crippen molar-refractivity contribution in [2.75, 3.05) is 22.5 Å². The van der Waals surface area contributed by atoms with E-state index in [1.165, 1.54) is 6.33 Å². The van der Waals surface area contributed by atoms with Crippen LogP contribution in [0.1, 0.15) is 32.1 Å². The minimum absolute atomic E-state index is 0.193. The number of anilines is 3. The molecule has 0 radical (unpaired) electrons. The predicted molar refractivity (Wildman–Crippen MR) is 169 cm³/mol. The average molecular weight is 573 g/mol. The number of urea groups is 1. The molecule has 0 aliphatic rings. The fraction of sp³-hybridized carbons (Fsp3) is 0.176. The van der Waals surface area contributed by atoms with Crippen molar-refractivity contribution >= 4 is 34.5 Å². The number of carbonyl (C=O) groups is 1. The number of aromatic nitrogens is 3. The molecule has 0 unspecified atom stereocenters. The molecular formula is C34H32N6O3. The van der Waals surface area contributed by atoms with Crippen LogP contribution in [0.15, 0.2) is 106 Å². The molecule has 9 heteroatoms. The molecule has 3 aromatic heterocycles. The summed E-state index contributed by atoms with van der Waals surface area (Å²) in [6.07, 6.45) is 2.27. The number of carbonyl (C=O) groups excluding carboxylic acids is 1. The molecule has 0 bridgehead atoms. The van der Waals surface area contributed by atoms with Gasteiger partial charge in [-0.25, -0.2) is 14.8 Å². The summed E-state index contributed by atoms with van der Waals surface area (Å²) in [6.45, 7) is 6.69. The van der Waals surface area contributed by atoms with Crippen molar-refractivity contribution in [3.63, 3.8) is 0 Å². The number of hydrogen-bond acceptors (Lipinski definition) is 7. The van der Waals surface area contributed by atoms with Gasteiger partial charge in [-0.15, -0.1) is 0 Å². The number of furan rings is 1. The Morgan fingerprint density at radius 1 is 0.837 bits per heavy atom. The lowest BCUT2D eigenvalue weighted by Gasteiger charge is -2.12. The molecular weight excluding hydrogens is 540 g/mol. The molecule has 6 rings (SSSR count). The summed E-state index contributed by atoms with van der Waals surface area (Å²) in [5.74, 6) is 2.54. The van der Waals surface area contributed by atoms with Gasteiger partial charge in [-0.2, -0.15) is 0 Å². The highest BCUT2D eigenvalue weighted by atomic mass is 16.5. The molecule has 0 spiro atoms. The Balaban J connectivity index is 1.14. The van der Waals surface area contributed by atoms with Crippen LogP contribution in [0.4, 0.5) is 22.1 Å². The molecule has 0 saturated heterocycles. The second-order valence-corrected chi connectivity index (χ2v) is 11.2. The number of hydrogen-bond donors (Lipinski definition) is 3. The van der Waals surface area contributed by atoms with Gasteiger partial charge in [-0.05, 0) is 29.7 Å². The standard InChI is InChI=1S/C34H32N6O3/c1-34(2,3)26-20-27(40-43-26)39-33(41)38-25-16-14-22(15-17-25)18-19-35-31-29-28(23-10-6-4-7-11-23)30(24-12-8-5-9-13-24)42-32(29)37-21-36-31/h4-17,20-21H,18-19H2,1-3H3,(H,35,36,37)(H2,38,39,40,41). The molecule has 43 heavy (non-hydrogen) atoms. The second-order valence-electron chi connectivity index (χ2n) is 11.2. The third-order valence-electron chi connectivity index (χ3n) is 7.00. The van der Waals surface area contributed by atoms with E-state index in [-0.39, 0.29) is 11.4 Å². The van der Waals surface area contributed by atoms with Gasteiger partial charge in [0.2, 0.25) is 5.71 Å². The molecule has 0 saturated carbocycles. The Morgan fingerprint density at radius 2 is 1.53 bits per heavy atom. The Bertz CT molecular complexity index is 1840. The van der Waals surface area contributed by atoms with E-state index in [4.69, 9.17) is 8.94 Å². The molecule has 3 N–H and O–H groups in total. The van der Waals surface area contributed by atoms with Gasteiger partial charge in [0.15, 0.2) is 5.82 Å². The predicted octanol–water partition coefficient (Wildman–Crippen LogP) is 8.14. The van der Waals surface area contributed by atoms with E-state index >= 15 is 0 Å². The molecule has 216 valence electrons. The summed E-state index contributed by atoms with van der Waals surface area (Å²) in [7, 11) is 0. The Labute approximate surface area is 249 Å². The lowest BCUT2D eigenvalue weighted by atomic mass is 9.93. The van der Waals surface area contributed by atoms with Gasteiger partial charge in [0.05, 0.1) is 5.39 Å². The second kappa shape index (κ2) is 11.8. The molecule has 6 aromatic rings. The van der Waals surface area contributed by atoms with Crippen LogP contribution < -0.4 is 16.0 Å². The minimum atomic E-state index is -0.389. The maximum Gasteiger partial charge on any atom is 0.324 e. The number of nitrogens with zero attached hydrogens (tertiary/aromatic N) is 3. The molecule has 0 fully saturated rings. The van der Waals surface area contributed by atoms with Gasteiger partial charge >= 0.3 is 6.03 Å². The Kier molecular flexibility index (Phi) is 7.61. The van der Waals surface area contributed by atoms with Crippen LogP contribution in [0.2, 0.25) is 0 Å². The molecule has 2 amide bonds. The van der Waals surface area contributed by atoms with Crippen molar-refractivity contribution in [2.45, 2.75) is 32.6 Å². The summed E-state index contributed by atoms with van der Waals surface area (Å²) < 4.78 is 11.6. The summed E-state index contributed by atoms with van der Waals surface area (Å²) in [5, 5.41) is 13.8. The van der Waals surface area contributed by atoms with Gasteiger partial charge in [0.1, 0.15) is 23.7 Å². The van der Waals surface area contributed by atoms with Crippen LogP contribution in [0.5, 0.6) is 0 Å². The van der Waals surface area contributed by atoms with Crippen molar-refractivity contribution in [1.82, 2.24) is 15.1 Å². The first kappa shape index (κ1) is 27.7. The summed E-state index contributed by atoms with van der Waals surface area (Å²) in [6, 6.07) is 29.3. The number of rotatable bonds is 8. The quantitative estimate of drug-likeness (QED) is 0.168. The van der Waals surface area contributed by atoms with E-state index in [1.807, 2.05) is 93.6 Å². The highest BCUT2D eigenvalue weighted by molar-refractivity contribution is 6.05. The number of nitrogens with one attached hydrogen (secondary N) is 3. The van der Waals surface area contributed by atoms with Crippen LogP contribution in [-0.2, 0) is 11.8 Å². The van der Waals surface area contributed by atoms with Crippen molar-refractivity contribution in [2.24, 2.45) is 0 Å². The normalized spacial score (nSPS) is 11.4. The molecule has 3 heterocycles. The fourth-order valence-corrected chi connectivity index (χ4v) is 4.79. The van der Waals surface area contributed by atoms with E-state index in [9.17, 15) is 4.79 Å². The lowest BCUT2D eigenvalue weighted by Crippen LogP contribution is -2.19. The van der Waals surface area contributed by atoms with E-state index in [2.05, 4.69) is 43.2 Å². The average Bonchev–Trinajstić information content (AvgIpc) is 3.65. The van der Waals surface area contributed by atoms with Gasteiger partial charge in [-0.3, -0.25) is 5.32 Å². The first-order chi connectivity index (χ1) is 20.8. The highest BCUT2D eigenvalue weighted by Crippen LogP contribution is 2.42. The third-order valence-corrected chi connectivity index (χ3v) is 7.00. The lowest BCUT2D eigenvalue weighted by molar-refractivity contribution is 0.262. The van der Waals surface area contributed by atoms with Gasteiger partial charge in [0.25, 0.3) is 0 Å². The smallest absolute Gasteiger partial charge is 0.324 e. The van der Waals surface area contributed by atoms with E-state index < -0.39 is 0 Å². The molecule has 3 aromatic carbocycles. The Morgan fingerprint density at radius 3 is 2.21 bits per heavy atom. The summed E-state index contributed by atoms with van der Waals surface area (Å²) in [5.41, 5.74) is 5.08. The van der Waals surface area contributed by atoms with E-state index in [1.54, 1.807) is 6.07 Å². The zero-order valence-corrected chi connectivity index (χ0v) is 24.2. The molecule has 9 nitrogen and oxygen atoms in total. The largest absolute Gasteiger partial charge is 0.437 e. The van der Waals surface area contributed by atoms with Crippen LogP contribution in [-0.4, -0.2) is 27.7 Å². The zero-order valence-electron chi connectivity index (χ0n) is 24.2. The van der Waals surface area contributed by atoms with Crippen LogP contribution in [0.25, 0.3) is 33.6 Å². The zero-order chi connectivity index (χ0) is 29.8. The Hall–Kier alpha value is -5.44. The number of benzene rings is 3. The van der Waals surface area contributed by atoms with Crippen LogP contribution >= 0.6 is 0 Å². The fourth-order valence-electron chi connectivity index (χ4n) is 4.79. The van der Waals surface area contributed by atoms with Gasteiger partial charge in [0, 0.05) is 34.8 Å². The monoisotopic (exact) mass is 572 g/mol. The number of fused-ring (bicyclic) bond motifs is 1. The van der Waals surface area contributed by atoms with Crippen molar-refractivity contribution in [3.8, 4) is 22.5 Å².